The molecule has 1 fully saturated rings. The van der Waals surface area contributed by atoms with Crippen molar-refractivity contribution in [3.8, 4) is 0 Å². The molecule has 0 aromatic heterocycles. The van der Waals surface area contributed by atoms with E-state index in [0.29, 0.717) is 0 Å². The van der Waals surface area contributed by atoms with Gasteiger partial charge in [0.2, 0.25) is 0 Å². The van der Waals surface area contributed by atoms with Gasteiger partial charge in [-0.25, -0.2) is 0 Å². The molecule has 0 aromatic carbocycles. The number of hydrogen-bond donors (Lipinski definition) is 2. The number of halogens is 1. The highest BCUT2D eigenvalue weighted by molar-refractivity contribution is 6.15. The Bertz CT molecular complexity index is 248. The van der Waals surface area contributed by atoms with Crippen LogP contribution in [-0.2, 0) is 0 Å². The summed E-state index contributed by atoms with van der Waals surface area (Å²) in [6.45, 7) is 3.10. The van der Waals surface area contributed by atoms with Gasteiger partial charge in [0.15, 0.2) is 0 Å². The highest BCUT2D eigenvalue weighted by Crippen LogP contribution is 2.45. The number of aliphatic hydroxyl groups is 2. The molecule has 0 amide bonds. The Morgan fingerprint density at radius 2 is 2.38 bits per heavy atom. The fourth-order valence-corrected chi connectivity index (χ4v) is 1.78. The van der Waals surface area contributed by atoms with Gasteiger partial charge in [0, 0.05) is 5.41 Å². The van der Waals surface area contributed by atoms with Crippen LogP contribution < -0.4 is 0 Å². The van der Waals surface area contributed by atoms with E-state index in [9.17, 15) is 9.50 Å². The summed E-state index contributed by atoms with van der Waals surface area (Å²) >= 11 is 0. The summed E-state index contributed by atoms with van der Waals surface area (Å²) in [5, 5.41) is 18.3. The van der Waals surface area contributed by atoms with Crippen molar-refractivity contribution in [1.29, 1.82) is 0 Å². The molecule has 0 aliphatic heterocycles. The van der Waals surface area contributed by atoms with Gasteiger partial charge in [0.1, 0.15) is 7.85 Å². The topological polar surface area (TPSA) is 40.5 Å². The van der Waals surface area contributed by atoms with Crippen molar-refractivity contribution in [3.63, 3.8) is 0 Å². The Morgan fingerprint density at radius 1 is 1.77 bits per heavy atom. The summed E-state index contributed by atoms with van der Waals surface area (Å²) in [6, 6.07) is 0. The van der Waals surface area contributed by atoms with Crippen LogP contribution in [-0.4, -0.2) is 36.3 Å². The molecular weight excluding hydrogens is 170 g/mol. The first kappa shape index (κ1) is 10.5. The second kappa shape index (κ2) is 3.30. The predicted octanol–water partition coefficient (Wildman–Crippen LogP) is 0.295. The van der Waals surface area contributed by atoms with Gasteiger partial charge in [0.05, 0.1) is 18.3 Å². The van der Waals surface area contributed by atoms with Crippen molar-refractivity contribution in [1.82, 2.24) is 0 Å². The van der Waals surface area contributed by atoms with Crippen molar-refractivity contribution in [3.05, 3.63) is 18.4 Å². The third-order valence-electron chi connectivity index (χ3n) is 2.50. The van der Waals surface area contributed by atoms with E-state index in [2.05, 4.69) is 12.3 Å². The van der Waals surface area contributed by atoms with Crippen LogP contribution in [0.25, 0.3) is 0 Å². The van der Waals surface area contributed by atoms with Crippen LogP contribution in [0.2, 0.25) is 0 Å². The number of aliphatic hydroxyl groups excluding tert-OH is 2. The molecule has 0 bridgehead atoms. The second-order valence-electron chi connectivity index (χ2n) is 3.69. The molecule has 1 rings (SSSR count). The molecule has 1 unspecified atom stereocenters. The molecule has 0 saturated heterocycles. The highest BCUT2D eigenvalue weighted by atomic mass is 19.1. The monoisotopic (exact) mass is 182 g/mol. The van der Waals surface area contributed by atoms with Crippen LogP contribution in [0.4, 0.5) is 4.39 Å². The van der Waals surface area contributed by atoms with Crippen LogP contribution in [0.5, 0.6) is 0 Å². The minimum atomic E-state index is -2.11. The fourth-order valence-electron chi connectivity index (χ4n) is 1.78. The summed E-state index contributed by atoms with van der Waals surface area (Å²) in [5.74, 6) is 0. The van der Waals surface area contributed by atoms with E-state index in [-0.39, 0.29) is 19.4 Å². The Balaban J connectivity index is 2.90. The Kier molecular flexibility index (Phi) is 2.67. The maximum absolute atomic E-state index is 13.4. The summed E-state index contributed by atoms with van der Waals surface area (Å²) in [6.07, 6.45) is 0.258. The number of hydrogen-bond acceptors (Lipinski definition) is 2. The molecule has 0 aromatic rings. The van der Waals surface area contributed by atoms with Crippen LogP contribution in [0, 0.1) is 5.41 Å². The van der Waals surface area contributed by atoms with Gasteiger partial charge >= 0.3 is 0 Å². The minimum Gasteiger partial charge on any atom is -0.395 e. The normalized spacial score (nSPS) is 44.4. The van der Waals surface area contributed by atoms with Crippen molar-refractivity contribution < 1.29 is 14.6 Å². The van der Waals surface area contributed by atoms with Crippen LogP contribution in [0.3, 0.4) is 0 Å². The zero-order valence-electron chi connectivity index (χ0n) is 7.33. The smallest absolute Gasteiger partial charge is 0.125 e. The SMILES string of the molecule is [B][C@]1(F)C[C@](C=C=C)(CO)CC1O. The van der Waals surface area contributed by atoms with E-state index in [1.807, 2.05) is 0 Å². The molecule has 0 spiro atoms. The number of alkyl halides is 1. The van der Waals surface area contributed by atoms with Gasteiger partial charge in [-0.3, -0.25) is 4.39 Å². The number of rotatable bonds is 2. The van der Waals surface area contributed by atoms with Crippen molar-refractivity contribution in [2.45, 2.75) is 24.5 Å². The minimum absolute atomic E-state index is 0.0970. The standard InChI is InChI=1S/C9H12BFO2/c1-2-3-8(6-12)4-7(13)9(10,11)5-8/h3,7,12-13H,1,4-6H2/t7?,8-,9+/m1/s1. The molecular formula is C9H12BFO2. The summed E-state index contributed by atoms with van der Waals surface area (Å²) in [4.78, 5) is 0. The second-order valence-corrected chi connectivity index (χ2v) is 3.69. The van der Waals surface area contributed by atoms with Gasteiger partial charge < -0.3 is 10.2 Å². The molecule has 70 valence electrons. The molecule has 0 heterocycles. The summed E-state index contributed by atoms with van der Waals surface area (Å²) < 4.78 is 13.4. The Morgan fingerprint density at radius 3 is 2.69 bits per heavy atom. The zero-order valence-corrected chi connectivity index (χ0v) is 7.33. The van der Waals surface area contributed by atoms with Crippen molar-refractivity contribution >= 4 is 7.85 Å². The average Bonchev–Trinajstić information content (AvgIpc) is 2.24. The molecule has 2 radical (unpaired) electrons. The predicted molar refractivity (Wildman–Crippen MR) is 48.1 cm³/mol. The molecule has 2 nitrogen and oxygen atoms in total. The van der Waals surface area contributed by atoms with E-state index in [1.165, 1.54) is 6.08 Å². The Labute approximate surface area is 78.2 Å². The first-order valence-corrected chi connectivity index (χ1v) is 4.09. The first-order chi connectivity index (χ1) is 5.96. The molecule has 1 aliphatic carbocycles. The molecule has 13 heavy (non-hydrogen) atoms. The Hall–Kier alpha value is -0.565. The lowest BCUT2D eigenvalue weighted by Gasteiger charge is -2.22. The van der Waals surface area contributed by atoms with E-state index >= 15 is 0 Å². The lowest BCUT2D eigenvalue weighted by Crippen LogP contribution is -2.32. The lowest BCUT2D eigenvalue weighted by atomic mass is 9.77. The van der Waals surface area contributed by atoms with Crippen LogP contribution >= 0.6 is 0 Å². The van der Waals surface area contributed by atoms with Crippen molar-refractivity contribution in [2.24, 2.45) is 5.41 Å². The van der Waals surface area contributed by atoms with Gasteiger partial charge in [0.25, 0.3) is 0 Å². The fraction of sp³-hybridized carbons (Fsp3) is 0.667. The van der Waals surface area contributed by atoms with E-state index in [4.69, 9.17) is 13.0 Å². The van der Waals surface area contributed by atoms with Gasteiger partial charge in [-0.15, -0.1) is 5.73 Å². The molecule has 4 heteroatoms. The zero-order chi connectivity index (χ0) is 10.1. The van der Waals surface area contributed by atoms with Crippen LogP contribution in [0.1, 0.15) is 12.8 Å². The third kappa shape index (κ3) is 1.85. The summed E-state index contributed by atoms with van der Waals surface area (Å²) in [7, 11) is 5.21. The maximum Gasteiger partial charge on any atom is 0.125 e. The molecule has 1 aliphatic rings. The maximum atomic E-state index is 13.4. The van der Waals surface area contributed by atoms with Gasteiger partial charge in [-0.05, 0) is 18.9 Å². The highest BCUT2D eigenvalue weighted by Gasteiger charge is 2.50. The van der Waals surface area contributed by atoms with E-state index in [0.717, 1.165) is 0 Å². The van der Waals surface area contributed by atoms with E-state index < -0.39 is 17.1 Å². The van der Waals surface area contributed by atoms with E-state index in [1.54, 1.807) is 0 Å². The summed E-state index contributed by atoms with van der Waals surface area (Å²) in [5.41, 5.74) is -0.425. The lowest BCUT2D eigenvalue weighted by molar-refractivity contribution is 0.0747. The van der Waals surface area contributed by atoms with Gasteiger partial charge in [-0.2, -0.15) is 0 Å². The average molecular weight is 182 g/mol. The van der Waals surface area contributed by atoms with Crippen LogP contribution in [0.15, 0.2) is 18.4 Å². The van der Waals surface area contributed by atoms with Gasteiger partial charge in [-0.1, -0.05) is 6.58 Å². The molecule has 3 atom stereocenters. The molecule has 1 saturated carbocycles. The van der Waals surface area contributed by atoms with Crippen molar-refractivity contribution in [2.75, 3.05) is 6.61 Å². The third-order valence-corrected chi connectivity index (χ3v) is 2.50. The first-order valence-electron chi connectivity index (χ1n) is 4.09. The largest absolute Gasteiger partial charge is 0.395 e. The quantitative estimate of drug-likeness (QED) is 0.476. The molecule has 2 N–H and O–H groups in total.